The van der Waals surface area contributed by atoms with Crippen molar-refractivity contribution in [2.75, 3.05) is 20.7 Å². The van der Waals surface area contributed by atoms with Crippen molar-refractivity contribution < 1.29 is 19.4 Å². The summed E-state index contributed by atoms with van der Waals surface area (Å²) in [7, 11) is 3.06. The Bertz CT molecular complexity index is 356. The summed E-state index contributed by atoms with van der Waals surface area (Å²) in [6.07, 6.45) is 4.77. The van der Waals surface area contributed by atoms with Gasteiger partial charge < -0.3 is 14.7 Å². The average Bonchev–Trinajstić information content (AvgIpc) is 2.83. The zero-order valence-corrected chi connectivity index (χ0v) is 12.4. The van der Waals surface area contributed by atoms with Gasteiger partial charge in [0, 0.05) is 13.6 Å². The van der Waals surface area contributed by atoms with Crippen LogP contribution in [0.1, 0.15) is 32.1 Å². The average molecular weight is 283 g/mol. The van der Waals surface area contributed by atoms with E-state index in [-0.39, 0.29) is 5.91 Å². The molecule has 1 rings (SSSR count). The Labute approximate surface area is 120 Å². The van der Waals surface area contributed by atoms with Crippen molar-refractivity contribution in [2.45, 2.75) is 38.2 Å². The molecule has 0 aromatic heterocycles. The van der Waals surface area contributed by atoms with Gasteiger partial charge in [-0.05, 0) is 32.1 Å². The van der Waals surface area contributed by atoms with Gasteiger partial charge >= 0.3 is 5.97 Å². The zero-order valence-electron chi connectivity index (χ0n) is 12.4. The molecule has 5 nitrogen and oxygen atoms in total. The zero-order chi connectivity index (χ0) is 15.1. The first-order valence-electron chi connectivity index (χ1n) is 7.13. The molecule has 1 unspecified atom stereocenters. The molecule has 1 amide bonds. The predicted molar refractivity (Wildman–Crippen MR) is 75.9 cm³/mol. The van der Waals surface area contributed by atoms with Crippen LogP contribution in [0.4, 0.5) is 0 Å². The minimum Gasteiger partial charge on any atom is -0.469 e. The maximum atomic E-state index is 12.4. The summed E-state index contributed by atoms with van der Waals surface area (Å²) >= 11 is 0. The molecule has 1 saturated carbocycles. The second-order valence-electron chi connectivity index (χ2n) is 5.41. The molecule has 1 aliphatic carbocycles. The summed E-state index contributed by atoms with van der Waals surface area (Å²) in [5, 5.41) is 9.70. The van der Waals surface area contributed by atoms with Gasteiger partial charge in [-0.2, -0.15) is 0 Å². The normalized spacial score (nSPS) is 25.2. The molecule has 0 heterocycles. The highest BCUT2D eigenvalue weighted by molar-refractivity contribution is 5.86. The number of amides is 1. The van der Waals surface area contributed by atoms with Crippen LogP contribution < -0.4 is 0 Å². The second-order valence-corrected chi connectivity index (χ2v) is 5.41. The molecule has 0 radical (unpaired) electrons. The van der Waals surface area contributed by atoms with Crippen molar-refractivity contribution in [3.05, 3.63) is 12.7 Å². The summed E-state index contributed by atoms with van der Waals surface area (Å²) < 4.78 is 4.72. The van der Waals surface area contributed by atoms with E-state index >= 15 is 0 Å². The Morgan fingerprint density at radius 3 is 2.60 bits per heavy atom. The van der Waals surface area contributed by atoms with Crippen LogP contribution in [0, 0.1) is 11.8 Å². The lowest BCUT2D eigenvalue weighted by Crippen LogP contribution is -2.37. The van der Waals surface area contributed by atoms with Gasteiger partial charge in [0.1, 0.15) is 0 Å². The summed E-state index contributed by atoms with van der Waals surface area (Å²) in [5.41, 5.74) is 0. The quantitative estimate of drug-likeness (QED) is 0.435. The Morgan fingerprint density at radius 1 is 1.35 bits per heavy atom. The molecule has 114 valence electrons. The van der Waals surface area contributed by atoms with E-state index in [1.807, 2.05) is 6.08 Å². The molecule has 0 saturated heterocycles. The molecule has 1 aliphatic rings. The fourth-order valence-electron chi connectivity index (χ4n) is 2.73. The smallest absolute Gasteiger partial charge is 0.309 e. The lowest BCUT2D eigenvalue weighted by Gasteiger charge is -2.23. The molecule has 20 heavy (non-hydrogen) atoms. The van der Waals surface area contributed by atoms with E-state index in [1.54, 1.807) is 11.9 Å². The second kappa shape index (κ2) is 8.04. The maximum absolute atomic E-state index is 12.4. The van der Waals surface area contributed by atoms with E-state index in [0.717, 1.165) is 19.3 Å². The van der Waals surface area contributed by atoms with Gasteiger partial charge in [0.2, 0.25) is 5.91 Å². The van der Waals surface area contributed by atoms with E-state index in [9.17, 15) is 14.7 Å². The van der Waals surface area contributed by atoms with E-state index in [4.69, 9.17) is 4.74 Å². The van der Waals surface area contributed by atoms with E-state index in [0.29, 0.717) is 19.4 Å². The Balaban J connectivity index is 2.55. The van der Waals surface area contributed by atoms with Crippen LogP contribution in [0.25, 0.3) is 0 Å². The highest BCUT2D eigenvalue weighted by Crippen LogP contribution is 2.34. The molecule has 0 aliphatic heterocycles. The SMILES string of the molecule is C=CCCCCN(C)C(=O)[C@@H]1C[C@@H](O)CC1C(=O)OC. The summed E-state index contributed by atoms with van der Waals surface area (Å²) in [5.74, 6) is -1.45. The molecule has 0 spiro atoms. The van der Waals surface area contributed by atoms with Gasteiger partial charge in [0.15, 0.2) is 0 Å². The van der Waals surface area contributed by atoms with Crippen LogP contribution in [0.2, 0.25) is 0 Å². The number of carbonyl (C=O) groups excluding carboxylic acids is 2. The number of rotatable bonds is 7. The van der Waals surface area contributed by atoms with Crippen molar-refractivity contribution in [1.82, 2.24) is 4.90 Å². The molecule has 0 bridgehead atoms. The molecule has 0 aromatic carbocycles. The van der Waals surface area contributed by atoms with Crippen LogP contribution in [-0.2, 0) is 14.3 Å². The maximum Gasteiger partial charge on any atom is 0.309 e. The monoisotopic (exact) mass is 283 g/mol. The van der Waals surface area contributed by atoms with E-state index in [1.165, 1.54) is 7.11 Å². The Kier molecular flexibility index (Phi) is 6.71. The first-order chi connectivity index (χ1) is 9.51. The number of aliphatic hydroxyl groups excluding tert-OH is 1. The van der Waals surface area contributed by atoms with Crippen molar-refractivity contribution in [1.29, 1.82) is 0 Å². The van der Waals surface area contributed by atoms with Crippen molar-refractivity contribution in [2.24, 2.45) is 11.8 Å². The molecule has 0 aromatic rings. The third-order valence-electron chi connectivity index (χ3n) is 3.89. The largest absolute Gasteiger partial charge is 0.469 e. The van der Waals surface area contributed by atoms with Gasteiger partial charge in [-0.3, -0.25) is 9.59 Å². The fraction of sp³-hybridized carbons (Fsp3) is 0.733. The minimum atomic E-state index is -0.595. The highest BCUT2D eigenvalue weighted by Gasteiger charge is 2.43. The third-order valence-corrected chi connectivity index (χ3v) is 3.89. The van der Waals surface area contributed by atoms with E-state index < -0.39 is 23.9 Å². The first-order valence-corrected chi connectivity index (χ1v) is 7.13. The van der Waals surface area contributed by atoms with Crippen LogP contribution in [0.3, 0.4) is 0 Å². The molecule has 1 N–H and O–H groups in total. The standard InChI is InChI=1S/C15H25NO4/c1-4-5-6-7-8-16(2)14(18)12-9-11(17)10-13(12)15(19)20-3/h4,11-13,17H,1,5-10H2,2-3H3/t11-,12-,13?/m1/s1. The number of nitrogens with zero attached hydrogens (tertiary/aromatic N) is 1. The predicted octanol–water partition coefficient (Wildman–Crippen LogP) is 1.36. The fourth-order valence-corrected chi connectivity index (χ4v) is 2.73. The number of esters is 1. The van der Waals surface area contributed by atoms with Crippen LogP contribution in [0.15, 0.2) is 12.7 Å². The van der Waals surface area contributed by atoms with Crippen molar-refractivity contribution >= 4 is 11.9 Å². The lowest BCUT2D eigenvalue weighted by molar-refractivity contribution is -0.151. The van der Waals surface area contributed by atoms with Gasteiger partial charge in [0.05, 0.1) is 25.0 Å². The molecular formula is C15H25NO4. The number of ether oxygens (including phenoxy) is 1. The van der Waals surface area contributed by atoms with Crippen molar-refractivity contribution in [3.8, 4) is 0 Å². The number of hydrogen-bond acceptors (Lipinski definition) is 4. The summed E-state index contributed by atoms with van der Waals surface area (Å²) in [6.45, 7) is 4.32. The van der Waals surface area contributed by atoms with Gasteiger partial charge in [-0.25, -0.2) is 0 Å². The Morgan fingerprint density at radius 2 is 2.00 bits per heavy atom. The Hall–Kier alpha value is -1.36. The van der Waals surface area contributed by atoms with Gasteiger partial charge in [-0.1, -0.05) is 6.08 Å². The van der Waals surface area contributed by atoms with Crippen LogP contribution in [0.5, 0.6) is 0 Å². The number of carbonyl (C=O) groups is 2. The van der Waals surface area contributed by atoms with Gasteiger partial charge in [-0.15, -0.1) is 6.58 Å². The van der Waals surface area contributed by atoms with Crippen LogP contribution in [-0.4, -0.2) is 48.7 Å². The summed E-state index contributed by atoms with van der Waals surface area (Å²) in [6, 6.07) is 0. The number of hydrogen-bond donors (Lipinski definition) is 1. The van der Waals surface area contributed by atoms with Gasteiger partial charge in [0.25, 0.3) is 0 Å². The number of methoxy groups -OCH3 is 1. The molecule has 3 atom stereocenters. The highest BCUT2D eigenvalue weighted by atomic mass is 16.5. The lowest BCUT2D eigenvalue weighted by atomic mass is 9.94. The number of unbranched alkanes of at least 4 members (excludes halogenated alkanes) is 2. The molecular weight excluding hydrogens is 258 g/mol. The molecule has 5 heteroatoms. The van der Waals surface area contributed by atoms with Crippen LogP contribution >= 0.6 is 0 Å². The molecule has 1 fully saturated rings. The number of allylic oxidation sites excluding steroid dienone is 1. The van der Waals surface area contributed by atoms with Crippen molar-refractivity contribution in [3.63, 3.8) is 0 Å². The first kappa shape index (κ1) is 16.7. The number of aliphatic hydroxyl groups is 1. The minimum absolute atomic E-state index is 0.0736. The third kappa shape index (κ3) is 4.34. The van der Waals surface area contributed by atoms with E-state index in [2.05, 4.69) is 6.58 Å². The summed E-state index contributed by atoms with van der Waals surface area (Å²) in [4.78, 5) is 25.7. The topological polar surface area (TPSA) is 66.8 Å².